The third kappa shape index (κ3) is 8.23. The third-order valence-electron chi connectivity index (χ3n) is 6.22. The predicted octanol–water partition coefficient (Wildman–Crippen LogP) is 4.51. The van der Waals surface area contributed by atoms with Gasteiger partial charge in [0.25, 0.3) is 0 Å². The first-order valence-corrected chi connectivity index (χ1v) is 12.0. The van der Waals surface area contributed by atoms with Crippen LogP contribution in [0.1, 0.15) is 62.5 Å². The van der Waals surface area contributed by atoms with E-state index in [1.54, 1.807) is 0 Å². The molecule has 0 atom stereocenters. The lowest BCUT2D eigenvalue weighted by Crippen LogP contribution is -2.45. The van der Waals surface area contributed by atoms with Gasteiger partial charge in [-0.15, -0.1) is 0 Å². The molecule has 1 N–H and O–H groups in total. The maximum Gasteiger partial charge on any atom is 0.169 e. The zero-order chi connectivity index (χ0) is 20.3. The summed E-state index contributed by atoms with van der Waals surface area (Å²) in [5.74, 6) is 0. The molecule has 1 aromatic carbocycles. The molecule has 0 unspecified atom stereocenters. The summed E-state index contributed by atoms with van der Waals surface area (Å²) in [6.45, 7) is 9.02. The van der Waals surface area contributed by atoms with Crippen molar-refractivity contribution in [3.05, 3.63) is 35.4 Å². The summed E-state index contributed by atoms with van der Waals surface area (Å²) in [4.78, 5) is 4.90. The van der Waals surface area contributed by atoms with E-state index >= 15 is 0 Å². The normalized spacial score (nSPS) is 19.3. The SMILES string of the molecule is Cc1ccc(CN(CCCN2CCOCC2)C(=S)NC2CCCCCCC2)cc1. The van der Waals surface area contributed by atoms with Gasteiger partial charge in [0.05, 0.1) is 13.2 Å². The molecule has 162 valence electrons. The van der Waals surface area contributed by atoms with Crippen LogP contribution in [0.3, 0.4) is 0 Å². The van der Waals surface area contributed by atoms with Crippen LogP contribution in [0.25, 0.3) is 0 Å². The highest BCUT2D eigenvalue weighted by molar-refractivity contribution is 7.80. The van der Waals surface area contributed by atoms with Gasteiger partial charge in [-0.1, -0.05) is 61.9 Å². The van der Waals surface area contributed by atoms with Crippen molar-refractivity contribution in [2.75, 3.05) is 39.4 Å². The summed E-state index contributed by atoms with van der Waals surface area (Å²) in [6, 6.07) is 9.42. The molecule has 0 radical (unpaired) electrons. The van der Waals surface area contributed by atoms with E-state index < -0.39 is 0 Å². The minimum Gasteiger partial charge on any atom is -0.379 e. The minimum absolute atomic E-state index is 0.544. The predicted molar refractivity (Wildman–Crippen MR) is 125 cm³/mol. The number of hydrogen-bond acceptors (Lipinski definition) is 3. The highest BCUT2D eigenvalue weighted by atomic mass is 32.1. The summed E-state index contributed by atoms with van der Waals surface area (Å²) < 4.78 is 5.47. The van der Waals surface area contributed by atoms with Gasteiger partial charge in [0.2, 0.25) is 0 Å². The fraction of sp³-hybridized carbons (Fsp3) is 0.708. The number of thiocarbonyl (C=S) groups is 1. The molecule has 1 saturated heterocycles. The molecular weight excluding hydrogens is 378 g/mol. The average molecular weight is 418 g/mol. The van der Waals surface area contributed by atoms with Crippen LogP contribution in [0.5, 0.6) is 0 Å². The Kier molecular flexibility index (Phi) is 9.71. The highest BCUT2D eigenvalue weighted by Crippen LogP contribution is 2.18. The number of hydrogen-bond donors (Lipinski definition) is 1. The van der Waals surface area contributed by atoms with Crippen molar-refractivity contribution in [2.24, 2.45) is 0 Å². The summed E-state index contributed by atoms with van der Waals surface area (Å²) in [6.07, 6.45) is 10.5. The van der Waals surface area contributed by atoms with Crippen LogP contribution >= 0.6 is 12.2 Å². The van der Waals surface area contributed by atoms with Gasteiger partial charge in [0, 0.05) is 38.8 Å². The fourth-order valence-electron chi connectivity index (χ4n) is 4.34. The Morgan fingerprint density at radius 1 is 1.07 bits per heavy atom. The summed E-state index contributed by atoms with van der Waals surface area (Å²) in [7, 11) is 0. The smallest absolute Gasteiger partial charge is 0.169 e. The first kappa shape index (κ1) is 22.5. The van der Waals surface area contributed by atoms with Crippen molar-refractivity contribution in [3.63, 3.8) is 0 Å². The molecule has 3 rings (SSSR count). The Bertz CT molecular complexity index is 593. The van der Waals surface area contributed by atoms with E-state index in [4.69, 9.17) is 17.0 Å². The number of ether oxygens (including phenoxy) is 1. The van der Waals surface area contributed by atoms with E-state index in [2.05, 4.69) is 46.3 Å². The van der Waals surface area contributed by atoms with Gasteiger partial charge in [-0.2, -0.15) is 0 Å². The second kappa shape index (κ2) is 12.5. The molecule has 0 aromatic heterocycles. The second-order valence-corrected chi connectivity index (χ2v) is 9.09. The summed E-state index contributed by atoms with van der Waals surface area (Å²) >= 11 is 5.91. The Morgan fingerprint density at radius 3 is 2.41 bits per heavy atom. The van der Waals surface area contributed by atoms with Crippen molar-refractivity contribution in [3.8, 4) is 0 Å². The molecular formula is C24H39N3OS. The van der Waals surface area contributed by atoms with Gasteiger partial charge in [-0.05, 0) is 44.0 Å². The number of nitrogens with zero attached hydrogens (tertiary/aromatic N) is 2. The van der Waals surface area contributed by atoms with Crippen LogP contribution in [-0.4, -0.2) is 60.3 Å². The van der Waals surface area contributed by atoms with Crippen LogP contribution in [0.15, 0.2) is 24.3 Å². The van der Waals surface area contributed by atoms with Crippen LogP contribution < -0.4 is 5.32 Å². The van der Waals surface area contributed by atoms with Crippen molar-refractivity contribution in [1.29, 1.82) is 0 Å². The first-order valence-electron chi connectivity index (χ1n) is 11.6. The lowest BCUT2D eigenvalue weighted by atomic mass is 9.97. The quantitative estimate of drug-likeness (QED) is 0.659. The number of nitrogens with one attached hydrogen (secondary N) is 1. The molecule has 0 amide bonds. The van der Waals surface area contributed by atoms with E-state index in [1.807, 2.05) is 0 Å². The Labute approximate surface area is 183 Å². The molecule has 2 aliphatic rings. The fourth-order valence-corrected chi connectivity index (χ4v) is 4.67. The second-order valence-electron chi connectivity index (χ2n) is 8.71. The zero-order valence-electron chi connectivity index (χ0n) is 18.2. The standard InChI is InChI=1S/C24H39N3OS/c1-21-10-12-22(13-11-21)20-27(15-7-14-26-16-18-28-19-17-26)24(29)25-23-8-5-3-2-4-6-9-23/h10-13,23H,2-9,14-20H2,1H3,(H,25,29). The molecule has 1 heterocycles. The van der Waals surface area contributed by atoms with Crippen molar-refractivity contribution < 1.29 is 4.74 Å². The van der Waals surface area contributed by atoms with Gasteiger partial charge in [-0.25, -0.2) is 0 Å². The summed E-state index contributed by atoms with van der Waals surface area (Å²) in [5.41, 5.74) is 2.65. The lowest BCUT2D eigenvalue weighted by molar-refractivity contribution is 0.0367. The molecule has 1 aromatic rings. The van der Waals surface area contributed by atoms with E-state index in [0.29, 0.717) is 6.04 Å². The maximum atomic E-state index is 5.91. The minimum atomic E-state index is 0.544. The van der Waals surface area contributed by atoms with Gasteiger partial charge < -0.3 is 15.0 Å². The van der Waals surface area contributed by atoms with Crippen molar-refractivity contribution >= 4 is 17.3 Å². The van der Waals surface area contributed by atoms with Crippen LogP contribution in [0, 0.1) is 6.92 Å². The molecule has 29 heavy (non-hydrogen) atoms. The van der Waals surface area contributed by atoms with Crippen LogP contribution in [0.2, 0.25) is 0 Å². The molecule has 1 aliphatic heterocycles. The van der Waals surface area contributed by atoms with Gasteiger partial charge in [0.1, 0.15) is 0 Å². The third-order valence-corrected chi connectivity index (χ3v) is 6.60. The Hall–Kier alpha value is -1.17. The molecule has 4 nitrogen and oxygen atoms in total. The molecule has 0 bridgehead atoms. The van der Waals surface area contributed by atoms with Crippen molar-refractivity contribution in [2.45, 2.75) is 70.9 Å². The Morgan fingerprint density at radius 2 is 1.72 bits per heavy atom. The Balaban J connectivity index is 1.55. The summed E-state index contributed by atoms with van der Waals surface area (Å²) in [5, 5.41) is 4.67. The number of morpholine rings is 1. The van der Waals surface area contributed by atoms with E-state index in [9.17, 15) is 0 Å². The highest BCUT2D eigenvalue weighted by Gasteiger charge is 2.17. The zero-order valence-corrected chi connectivity index (χ0v) is 19.0. The van der Waals surface area contributed by atoms with Crippen LogP contribution in [0.4, 0.5) is 0 Å². The van der Waals surface area contributed by atoms with Gasteiger partial charge in [0.15, 0.2) is 5.11 Å². The van der Waals surface area contributed by atoms with E-state index in [0.717, 1.165) is 57.5 Å². The van der Waals surface area contributed by atoms with Gasteiger partial charge >= 0.3 is 0 Å². The topological polar surface area (TPSA) is 27.7 Å². The molecule has 1 saturated carbocycles. The van der Waals surface area contributed by atoms with E-state index in [-0.39, 0.29) is 0 Å². The molecule has 0 spiro atoms. The van der Waals surface area contributed by atoms with Crippen molar-refractivity contribution in [1.82, 2.24) is 15.1 Å². The largest absolute Gasteiger partial charge is 0.379 e. The van der Waals surface area contributed by atoms with E-state index in [1.165, 1.54) is 56.1 Å². The molecule has 5 heteroatoms. The average Bonchev–Trinajstić information content (AvgIpc) is 2.71. The monoisotopic (exact) mass is 417 g/mol. The van der Waals surface area contributed by atoms with Crippen LogP contribution in [-0.2, 0) is 11.3 Å². The number of benzene rings is 1. The number of aryl methyl sites for hydroxylation is 1. The first-order chi connectivity index (χ1) is 14.2. The maximum absolute atomic E-state index is 5.91. The lowest BCUT2D eigenvalue weighted by Gasteiger charge is -2.32. The molecule has 2 fully saturated rings. The number of rotatable bonds is 7. The molecule has 1 aliphatic carbocycles. The van der Waals surface area contributed by atoms with Gasteiger partial charge in [-0.3, -0.25) is 4.90 Å².